The predicted octanol–water partition coefficient (Wildman–Crippen LogP) is 1.58. The molecule has 2 unspecified atom stereocenters. The Hall–Kier alpha value is -2.06. The number of hydrazine groups is 1. The molecule has 2 N–H and O–H groups in total. The Morgan fingerprint density at radius 1 is 1.60 bits per heavy atom. The Kier molecular flexibility index (Phi) is 4.59. The second kappa shape index (κ2) is 6.40. The van der Waals surface area contributed by atoms with Gasteiger partial charge in [-0.05, 0) is 44.4 Å². The highest BCUT2D eigenvalue weighted by molar-refractivity contribution is 5.81. The molecule has 1 aliphatic heterocycles. The first kappa shape index (κ1) is 14.4. The minimum absolute atomic E-state index is 0.0146. The number of benzene rings is 1. The zero-order chi connectivity index (χ0) is 14.5. The molecule has 2 atom stereocenters. The summed E-state index contributed by atoms with van der Waals surface area (Å²) in [5, 5.41) is 20.0. The van der Waals surface area contributed by atoms with Crippen molar-refractivity contribution in [2.24, 2.45) is 5.92 Å². The van der Waals surface area contributed by atoms with Crippen molar-refractivity contribution in [3.8, 4) is 6.07 Å². The smallest absolute Gasteiger partial charge is 0.241 e. The van der Waals surface area contributed by atoms with Crippen molar-refractivity contribution in [2.75, 3.05) is 11.6 Å². The summed E-state index contributed by atoms with van der Waals surface area (Å²) < 4.78 is 0. The van der Waals surface area contributed by atoms with Crippen LogP contribution in [-0.2, 0) is 4.79 Å². The Morgan fingerprint density at radius 2 is 2.40 bits per heavy atom. The van der Waals surface area contributed by atoms with Crippen LogP contribution in [0.5, 0.6) is 0 Å². The number of rotatable bonds is 4. The molecule has 1 saturated heterocycles. The summed E-state index contributed by atoms with van der Waals surface area (Å²) in [6.07, 6.45) is 1.74. The summed E-state index contributed by atoms with van der Waals surface area (Å²) in [6, 6.07) is 9.27. The monoisotopic (exact) mass is 273 g/mol. The zero-order valence-corrected chi connectivity index (χ0v) is 11.5. The molecule has 0 saturated carbocycles. The summed E-state index contributed by atoms with van der Waals surface area (Å²) in [5.74, 6) is -0.0562. The average molecular weight is 273 g/mol. The van der Waals surface area contributed by atoms with E-state index in [9.17, 15) is 9.90 Å². The lowest BCUT2D eigenvalue weighted by Gasteiger charge is -2.33. The van der Waals surface area contributed by atoms with Gasteiger partial charge in [0.1, 0.15) is 0 Å². The van der Waals surface area contributed by atoms with E-state index < -0.39 is 0 Å². The summed E-state index contributed by atoms with van der Waals surface area (Å²) in [4.78, 5) is 12.0. The fraction of sp³-hybridized carbons (Fsp3) is 0.467. The van der Waals surface area contributed by atoms with Crippen LogP contribution in [0.25, 0.3) is 0 Å². The molecule has 1 fully saturated rings. The van der Waals surface area contributed by atoms with E-state index in [1.807, 2.05) is 6.07 Å². The highest BCUT2D eigenvalue weighted by Gasteiger charge is 2.26. The van der Waals surface area contributed by atoms with Crippen molar-refractivity contribution in [1.29, 1.82) is 5.26 Å². The number of nitrogens with one attached hydrogen (secondary N) is 1. The number of anilines is 1. The first-order valence-corrected chi connectivity index (χ1v) is 6.86. The van der Waals surface area contributed by atoms with E-state index in [0.717, 1.165) is 12.1 Å². The number of carbonyl (C=O) groups is 1. The van der Waals surface area contributed by atoms with Gasteiger partial charge in [0, 0.05) is 12.5 Å². The number of aliphatic hydroxyl groups is 1. The molecule has 1 heterocycles. The van der Waals surface area contributed by atoms with E-state index in [-0.39, 0.29) is 17.9 Å². The molecule has 0 aromatic heterocycles. The summed E-state index contributed by atoms with van der Waals surface area (Å²) in [6.45, 7) is 2.45. The van der Waals surface area contributed by atoms with E-state index in [0.29, 0.717) is 24.9 Å². The normalized spacial score (nSPS) is 20.1. The first-order chi connectivity index (χ1) is 9.60. The van der Waals surface area contributed by atoms with Crippen molar-refractivity contribution in [3.63, 3.8) is 0 Å². The number of hydrogen-bond donors (Lipinski definition) is 2. The third kappa shape index (κ3) is 3.49. The molecule has 1 aromatic rings. The van der Waals surface area contributed by atoms with Gasteiger partial charge in [-0.1, -0.05) is 6.07 Å². The number of hydrogen-bond acceptors (Lipinski definition) is 4. The zero-order valence-electron chi connectivity index (χ0n) is 11.5. The molecule has 106 valence electrons. The molecular formula is C15H19N3O2. The molecule has 1 aliphatic rings. The van der Waals surface area contributed by atoms with Crippen LogP contribution in [0.2, 0.25) is 0 Å². The van der Waals surface area contributed by atoms with Crippen molar-refractivity contribution in [1.82, 2.24) is 5.43 Å². The highest BCUT2D eigenvalue weighted by atomic mass is 16.3. The molecule has 1 aromatic carbocycles. The number of carbonyl (C=O) groups excluding carboxylic acids is 1. The third-order valence-electron chi connectivity index (χ3n) is 3.54. The van der Waals surface area contributed by atoms with E-state index in [4.69, 9.17) is 5.26 Å². The Balaban J connectivity index is 1.98. The number of aliphatic hydroxyl groups excluding tert-OH is 1. The maximum Gasteiger partial charge on any atom is 0.241 e. The van der Waals surface area contributed by atoms with Gasteiger partial charge in [-0.2, -0.15) is 5.26 Å². The number of nitrogens with zero attached hydrogens (tertiary/aromatic N) is 2. The van der Waals surface area contributed by atoms with Gasteiger partial charge in [0.15, 0.2) is 0 Å². The maximum atomic E-state index is 12.0. The van der Waals surface area contributed by atoms with Crippen LogP contribution in [-0.4, -0.2) is 23.7 Å². The molecule has 0 spiro atoms. The molecule has 1 amide bonds. The topological polar surface area (TPSA) is 76.4 Å². The lowest BCUT2D eigenvalue weighted by Crippen LogP contribution is -2.51. The highest BCUT2D eigenvalue weighted by Crippen LogP contribution is 2.22. The van der Waals surface area contributed by atoms with Gasteiger partial charge >= 0.3 is 0 Å². The minimum Gasteiger partial charge on any atom is -0.393 e. The van der Waals surface area contributed by atoms with Crippen LogP contribution in [0.15, 0.2) is 24.3 Å². The van der Waals surface area contributed by atoms with Gasteiger partial charge in [0.05, 0.1) is 23.4 Å². The SMILES string of the molecule is CC(O)CCC1CCN(c2cccc(C#N)c2)NC1=O. The second-order valence-electron chi connectivity index (χ2n) is 5.20. The van der Waals surface area contributed by atoms with E-state index in [2.05, 4.69) is 11.5 Å². The van der Waals surface area contributed by atoms with Gasteiger partial charge in [0.2, 0.25) is 5.91 Å². The standard InChI is InChI=1S/C15H19N3O2/c1-11(19)5-6-13-7-8-18(17-15(13)20)14-4-2-3-12(9-14)10-16/h2-4,9,11,13,19H,5-8H2,1H3,(H,17,20). The molecule has 2 rings (SSSR count). The molecule has 5 nitrogen and oxygen atoms in total. The Bertz CT molecular complexity index is 522. The van der Waals surface area contributed by atoms with Gasteiger partial charge < -0.3 is 5.11 Å². The second-order valence-corrected chi connectivity index (χ2v) is 5.20. The van der Waals surface area contributed by atoms with Crippen molar-refractivity contribution < 1.29 is 9.90 Å². The lowest BCUT2D eigenvalue weighted by atomic mass is 9.95. The fourth-order valence-corrected chi connectivity index (χ4v) is 2.35. The maximum absolute atomic E-state index is 12.0. The average Bonchev–Trinajstić information content (AvgIpc) is 2.46. The quantitative estimate of drug-likeness (QED) is 0.873. The van der Waals surface area contributed by atoms with Gasteiger partial charge in [-0.15, -0.1) is 0 Å². The van der Waals surface area contributed by atoms with E-state index in [1.54, 1.807) is 30.1 Å². The predicted molar refractivity (Wildman–Crippen MR) is 75.7 cm³/mol. The summed E-state index contributed by atoms with van der Waals surface area (Å²) in [7, 11) is 0. The van der Waals surface area contributed by atoms with E-state index >= 15 is 0 Å². The Morgan fingerprint density at radius 3 is 3.05 bits per heavy atom. The van der Waals surface area contributed by atoms with E-state index in [1.165, 1.54) is 0 Å². The van der Waals surface area contributed by atoms with Crippen LogP contribution in [0, 0.1) is 17.2 Å². The molecule has 20 heavy (non-hydrogen) atoms. The molecule has 0 radical (unpaired) electrons. The van der Waals surface area contributed by atoms with Crippen molar-refractivity contribution in [2.45, 2.75) is 32.3 Å². The van der Waals surface area contributed by atoms with Crippen LogP contribution >= 0.6 is 0 Å². The van der Waals surface area contributed by atoms with Crippen LogP contribution in [0.1, 0.15) is 31.7 Å². The lowest BCUT2D eigenvalue weighted by molar-refractivity contribution is -0.127. The number of nitriles is 1. The van der Waals surface area contributed by atoms with Gasteiger partial charge in [0.25, 0.3) is 0 Å². The van der Waals surface area contributed by atoms with Crippen LogP contribution in [0.3, 0.4) is 0 Å². The number of amides is 1. The van der Waals surface area contributed by atoms with Crippen molar-refractivity contribution >= 4 is 11.6 Å². The Labute approximate surface area is 118 Å². The third-order valence-corrected chi connectivity index (χ3v) is 3.54. The minimum atomic E-state index is -0.367. The molecule has 5 heteroatoms. The van der Waals surface area contributed by atoms with Crippen LogP contribution in [0.4, 0.5) is 5.69 Å². The molecule has 0 aliphatic carbocycles. The summed E-state index contributed by atoms with van der Waals surface area (Å²) >= 11 is 0. The fourth-order valence-electron chi connectivity index (χ4n) is 2.35. The first-order valence-electron chi connectivity index (χ1n) is 6.86. The van der Waals surface area contributed by atoms with Gasteiger partial charge in [-0.3, -0.25) is 15.2 Å². The molecule has 0 bridgehead atoms. The largest absolute Gasteiger partial charge is 0.393 e. The molecular weight excluding hydrogens is 254 g/mol. The van der Waals surface area contributed by atoms with Crippen LogP contribution < -0.4 is 10.4 Å². The van der Waals surface area contributed by atoms with Gasteiger partial charge in [-0.25, -0.2) is 0 Å². The van der Waals surface area contributed by atoms with Crippen molar-refractivity contribution in [3.05, 3.63) is 29.8 Å². The summed E-state index contributed by atoms with van der Waals surface area (Å²) in [5.41, 5.74) is 4.26.